The second kappa shape index (κ2) is 1.71. The van der Waals surface area contributed by atoms with Gasteiger partial charge < -0.3 is 0 Å². The highest BCUT2D eigenvalue weighted by molar-refractivity contribution is 4.97. The van der Waals surface area contributed by atoms with Crippen molar-refractivity contribution in [3.8, 4) is 0 Å². The Morgan fingerprint density at radius 3 is 1.50 bits per heavy atom. The van der Waals surface area contributed by atoms with Crippen molar-refractivity contribution in [2.45, 2.75) is 18.5 Å². The van der Waals surface area contributed by atoms with E-state index in [1.54, 1.807) is 0 Å². The first kappa shape index (κ1) is 5.49. The molecule has 56 valence electrons. The lowest BCUT2D eigenvalue weighted by molar-refractivity contribution is 0.00112. The summed E-state index contributed by atoms with van der Waals surface area (Å²) in [6, 6.07) is 0. The fourth-order valence-electron chi connectivity index (χ4n) is 2.19. The normalized spacial score (nSPS) is 57.6. The van der Waals surface area contributed by atoms with Crippen LogP contribution in [0.15, 0.2) is 0 Å². The molecule has 4 bridgehead atoms. The van der Waals surface area contributed by atoms with Gasteiger partial charge in [0.25, 0.3) is 0 Å². The van der Waals surface area contributed by atoms with Gasteiger partial charge in [0.1, 0.15) is 0 Å². The third kappa shape index (κ3) is 0.645. The Kier molecular flexibility index (Phi) is 0.936. The van der Waals surface area contributed by atoms with Gasteiger partial charge >= 0.3 is 0 Å². The maximum atomic E-state index is 3.45. The van der Waals surface area contributed by atoms with Crippen molar-refractivity contribution in [2.75, 3.05) is 19.6 Å². The molecule has 0 spiro atoms. The molecule has 4 rings (SSSR count). The zero-order valence-corrected chi connectivity index (χ0v) is 5.80. The molecule has 0 amide bonds. The summed E-state index contributed by atoms with van der Waals surface area (Å²) >= 11 is 0. The molecule has 0 unspecified atom stereocenters. The van der Waals surface area contributed by atoms with Crippen LogP contribution >= 0.6 is 0 Å². The lowest BCUT2D eigenvalue weighted by Crippen LogP contribution is -2.81. The smallest absolute Gasteiger partial charge is 0.0727 e. The van der Waals surface area contributed by atoms with Crippen molar-refractivity contribution in [2.24, 2.45) is 0 Å². The fraction of sp³-hybridized carbons (Fsp3) is 1.00. The SMILES string of the molecule is C1C2NC3CN1CC(N2)N3. The first-order valence-electron chi connectivity index (χ1n) is 3.91. The summed E-state index contributed by atoms with van der Waals surface area (Å²) in [4.78, 5) is 2.50. The number of hydrogen-bond acceptors (Lipinski definition) is 4. The molecule has 10 heavy (non-hydrogen) atoms. The summed E-state index contributed by atoms with van der Waals surface area (Å²) in [7, 11) is 0. The Labute approximate surface area is 60.0 Å². The number of nitrogens with one attached hydrogen (secondary N) is 3. The Bertz CT molecular complexity index is 101. The van der Waals surface area contributed by atoms with Crippen LogP contribution < -0.4 is 16.0 Å². The zero-order valence-electron chi connectivity index (χ0n) is 5.80. The van der Waals surface area contributed by atoms with Crippen molar-refractivity contribution in [1.82, 2.24) is 20.9 Å². The summed E-state index contributed by atoms with van der Waals surface area (Å²) in [5.41, 5.74) is 0. The van der Waals surface area contributed by atoms with Gasteiger partial charge in [-0.3, -0.25) is 20.9 Å². The molecular weight excluding hydrogens is 128 g/mol. The van der Waals surface area contributed by atoms with E-state index in [2.05, 4.69) is 20.9 Å². The van der Waals surface area contributed by atoms with Gasteiger partial charge in [-0.05, 0) is 0 Å². The molecule has 4 saturated heterocycles. The molecule has 4 aliphatic heterocycles. The Balaban J connectivity index is 1.90. The highest BCUT2D eigenvalue weighted by Gasteiger charge is 2.39. The average Bonchev–Trinajstić information content (AvgIpc) is 1.82. The van der Waals surface area contributed by atoms with Crippen LogP contribution in [0.5, 0.6) is 0 Å². The Hall–Kier alpha value is -0.160. The molecule has 0 saturated carbocycles. The molecule has 0 radical (unpaired) electrons. The molecule has 0 aromatic rings. The van der Waals surface area contributed by atoms with Crippen LogP contribution in [-0.4, -0.2) is 43.0 Å². The summed E-state index contributed by atoms with van der Waals surface area (Å²) in [5, 5.41) is 10.3. The quantitative estimate of drug-likeness (QED) is 0.367. The van der Waals surface area contributed by atoms with Gasteiger partial charge in [0.2, 0.25) is 0 Å². The largest absolute Gasteiger partial charge is 0.295 e. The molecule has 0 aromatic heterocycles. The first-order valence-corrected chi connectivity index (χ1v) is 3.91. The molecule has 4 heterocycles. The molecule has 4 nitrogen and oxygen atoms in total. The molecule has 4 aliphatic rings. The lowest BCUT2D eigenvalue weighted by Gasteiger charge is -2.53. The van der Waals surface area contributed by atoms with Crippen LogP contribution in [0.1, 0.15) is 0 Å². The number of rotatable bonds is 0. The number of nitrogens with zero attached hydrogens (tertiary/aromatic N) is 1. The van der Waals surface area contributed by atoms with Gasteiger partial charge in [-0.15, -0.1) is 0 Å². The van der Waals surface area contributed by atoms with Gasteiger partial charge in [0.15, 0.2) is 0 Å². The van der Waals surface area contributed by atoms with Gasteiger partial charge in [0.05, 0.1) is 18.5 Å². The van der Waals surface area contributed by atoms with Crippen LogP contribution in [0.2, 0.25) is 0 Å². The predicted molar refractivity (Wildman–Crippen MR) is 37.2 cm³/mol. The van der Waals surface area contributed by atoms with E-state index in [4.69, 9.17) is 0 Å². The predicted octanol–water partition coefficient (Wildman–Crippen LogP) is -1.92. The van der Waals surface area contributed by atoms with Crippen molar-refractivity contribution in [3.63, 3.8) is 0 Å². The fourth-order valence-corrected chi connectivity index (χ4v) is 2.19. The van der Waals surface area contributed by atoms with E-state index in [1.807, 2.05) is 0 Å². The molecule has 0 atom stereocenters. The van der Waals surface area contributed by atoms with Gasteiger partial charge in [0, 0.05) is 19.6 Å². The van der Waals surface area contributed by atoms with Crippen LogP contribution in [0.4, 0.5) is 0 Å². The molecule has 0 aromatic carbocycles. The third-order valence-corrected chi connectivity index (χ3v) is 2.53. The van der Waals surface area contributed by atoms with Crippen LogP contribution in [0.25, 0.3) is 0 Å². The monoisotopic (exact) mass is 140 g/mol. The number of piperazine rings is 3. The summed E-state index contributed by atoms with van der Waals surface area (Å²) in [5.74, 6) is 0. The van der Waals surface area contributed by atoms with E-state index in [9.17, 15) is 0 Å². The Morgan fingerprint density at radius 1 is 0.800 bits per heavy atom. The van der Waals surface area contributed by atoms with Crippen LogP contribution in [0, 0.1) is 0 Å². The highest BCUT2D eigenvalue weighted by Crippen LogP contribution is 2.13. The van der Waals surface area contributed by atoms with E-state index in [0.717, 1.165) is 0 Å². The average molecular weight is 140 g/mol. The minimum absolute atomic E-state index is 0.541. The second-order valence-electron chi connectivity index (χ2n) is 3.38. The second-order valence-corrected chi connectivity index (χ2v) is 3.38. The molecule has 3 N–H and O–H groups in total. The van der Waals surface area contributed by atoms with Crippen LogP contribution in [0.3, 0.4) is 0 Å². The van der Waals surface area contributed by atoms with Gasteiger partial charge in [-0.1, -0.05) is 0 Å². The first-order chi connectivity index (χ1) is 4.90. The minimum Gasteiger partial charge on any atom is -0.295 e. The van der Waals surface area contributed by atoms with Crippen LogP contribution in [-0.2, 0) is 0 Å². The lowest BCUT2D eigenvalue weighted by atomic mass is 10.1. The summed E-state index contributed by atoms with van der Waals surface area (Å²) < 4.78 is 0. The third-order valence-electron chi connectivity index (χ3n) is 2.53. The standard InChI is InChI=1S/C6H12N4/c1-4-7-5-2-10(1)3-6(8-4)9-5/h4-9H,1-3H2. The van der Waals surface area contributed by atoms with Crippen molar-refractivity contribution < 1.29 is 0 Å². The topological polar surface area (TPSA) is 39.3 Å². The van der Waals surface area contributed by atoms with Gasteiger partial charge in [-0.25, -0.2) is 0 Å². The molecule has 4 fully saturated rings. The van der Waals surface area contributed by atoms with E-state index in [1.165, 1.54) is 19.6 Å². The van der Waals surface area contributed by atoms with Crippen molar-refractivity contribution in [1.29, 1.82) is 0 Å². The highest BCUT2D eigenvalue weighted by atomic mass is 15.5. The van der Waals surface area contributed by atoms with Crippen molar-refractivity contribution in [3.05, 3.63) is 0 Å². The minimum atomic E-state index is 0.541. The van der Waals surface area contributed by atoms with E-state index < -0.39 is 0 Å². The molecule has 0 aliphatic carbocycles. The summed E-state index contributed by atoms with van der Waals surface area (Å²) in [6.07, 6.45) is 1.62. The maximum Gasteiger partial charge on any atom is 0.0727 e. The van der Waals surface area contributed by atoms with E-state index in [-0.39, 0.29) is 0 Å². The number of hydrogen-bond donors (Lipinski definition) is 3. The van der Waals surface area contributed by atoms with E-state index in [0.29, 0.717) is 18.5 Å². The maximum absolute atomic E-state index is 3.45. The van der Waals surface area contributed by atoms with Gasteiger partial charge in [-0.2, -0.15) is 0 Å². The van der Waals surface area contributed by atoms with Crippen molar-refractivity contribution >= 4 is 0 Å². The summed E-state index contributed by atoms with van der Waals surface area (Å²) in [6.45, 7) is 3.53. The van der Waals surface area contributed by atoms with E-state index >= 15 is 0 Å². The Morgan fingerprint density at radius 2 is 1.20 bits per heavy atom. The molecule has 4 heteroatoms. The molecular formula is C6H12N4. The zero-order chi connectivity index (χ0) is 6.55.